The van der Waals surface area contributed by atoms with Crippen LogP contribution in [-0.4, -0.2) is 94.5 Å². The van der Waals surface area contributed by atoms with Crippen molar-refractivity contribution in [1.29, 1.82) is 0 Å². The number of aromatic hydroxyl groups is 1. The van der Waals surface area contributed by atoms with E-state index in [1.165, 1.54) is 23.1 Å². The number of benzene rings is 2. The number of rotatable bonds is 7. The Morgan fingerprint density at radius 3 is 2.34 bits per heavy atom. The Morgan fingerprint density at radius 1 is 0.925 bits per heavy atom. The summed E-state index contributed by atoms with van der Waals surface area (Å²) in [5.41, 5.74) is 1.34. The Morgan fingerprint density at radius 2 is 1.66 bits per heavy atom. The number of nitrogens with zero attached hydrogens (tertiary/aromatic N) is 1. The summed E-state index contributed by atoms with van der Waals surface area (Å²) in [6.07, 6.45) is 2.10. The number of fused-ring (bicyclic) bond motifs is 3. The van der Waals surface area contributed by atoms with Gasteiger partial charge in [0.1, 0.15) is 36.0 Å². The molecule has 3 aliphatic rings. The summed E-state index contributed by atoms with van der Waals surface area (Å²) in [7, 11) is 0. The summed E-state index contributed by atoms with van der Waals surface area (Å²) in [5, 5.41) is 24.7. The molecule has 2 aromatic carbocycles. The smallest absolute Gasteiger partial charge is 0.246 e. The molecule has 0 radical (unpaired) electrons. The van der Waals surface area contributed by atoms with Crippen LogP contribution in [0.3, 0.4) is 0 Å². The van der Waals surface area contributed by atoms with Gasteiger partial charge in [-0.1, -0.05) is 57.5 Å². The second-order valence-electron chi connectivity index (χ2n) is 14.6. The molecule has 0 aliphatic carbocycles. The summed E-state index contributed by atoms with van der Waals surface area (Å²) in [6, 6.07) is 8.39. The van der Waals surface area contributed by atoms with Crippen molar-refractivity contribution in [3.8, 4) is 5.75 Å². The zero-order valence-electron chi connectivity index (χ0n) is 30.5. The van der Waals surface area contributed by atoms with Crippen LogP contribution in [0.5, 0.6) is 5.75 Å². The van der Waals surface area contributed by atoms with E-state index in [1.807, 2.05) is 51.1 Å². The van der Waals surface area contributed by atoms with Crippen LogP contribution in [0.15, 0.2) is 48.5 Å². The Labute approximate surface area is 309 Å². The molecule has 6 N–H and O–H groups in total. The van der Waals surface area contributed by atoms with Gasteiger partial charge in [-0.05, 0) is 73.3 Å². The highest BCUT2D eigenvalue weighted by atomic mass is 16.3. The van der Waals surface area contributed by atoms with Crippen molar-refractivity contribution in [3.63, 3.8) is 0 Å². The number of hydrogen-bond acceptors (Lipinski definition) is 8. The Hall–Kier alpha value is -5.27. The van der Waals surface area contributed by atoms with E-state index in [2.05, 4.69) is 26.6 Å². The average molecular weight is 731 g/mol. The molecule has 0 aromatic heterocycles. The molecule has 2 bridgehead atoms. The van der Waals surface area contributed by atoms with Crippen LogP contribution in [0.2, 0.25) is 0 Å². The second-order valence-corrected chi connectivity index (χ2v) is 14.6. The number of amides is 6. The number of Topliss-reactive ketones (excluding diaryl/α,β-unsaturated/α-hetero) is 1. The largest absolute Gasteiger partial charge is 0.508 e. The lowest BCUT2D eigenvalue weighted by atomic mass is 9.87. The van der Waals surface area contributed by atoms with Gasteiger partial charge in [-0.3, -0.25) is 33.6 Å². The van der Waals surface area contributed by atoms with E-state index in [9.17, 15) is 38.7 Å². The first kappa shape index (κ1) is 38.9. The summed E-state index contributed by atoms with van der Waals surface area (Å²) in [4.78, 5) is 96.3. The molecule has 14 heteroatoms. The van der Waals surface area contributed by atoms with E-state index < -0.39 is 78.0 Å². The van der Waals surface area contributed by atoms with E-state index in [0.29, 0.717) is 24.8 Å². The van der Waals surface area contributed by atoms with Gasteiger partial charge in [-0.25, -0.2) is 0 Å². The van der Waals surface area contributed by atoms with Crippen molar-refractivity contribution < 1.29 is 38.7 Å². The molecule has 3 heterocycles. The minimum atomic E-state index is -1.15. The molecule has 3 aliphatic heterocycles. The number of carbonyl (C=O) groups is 7. The van der Waals surface area contributed by atoms with E-state index >= 15 is 0 Å². The first-order chi connectivity index (χ1) is 25.3. The normalized spacial score (nSPS) is 26.1. The zero-order valence-corrected chi connectivity index (χ0v) is 30.5. The molecule has 284 valence electrons. The van der Waals surface area contributed by atoms with E-state index in [0.717, 1.165) is 5.56 Å². The molecule has 5 rings (SSSR count). The maximum absolute atomic E-state index is 14.5. The number of nitrogens with one attached hydrogen (secondary N) is 5. The highest BCUT2D eigenvalue weighted by molar-refractivity contribution is 6.01. The monoisotopic (exact) mass is 730 g/mol. The predicted octanol–water partition coefficient (Wildman–Crippen LogP) is 1.29. The average Bonchev–Trinajstić information content (AvgIpc) is 3.81. The lowest BCUT2D eigenvalue weighted by Crippen LogP contribution is -2.60. The number of phenolic OH excluding ortho intramolecular Hbond substituents is 1. The van der Waals surface area contributed by atoms with Crippen molar-refractivity contribution in [2.24, 2.45) is 11.8 Å². The van der Waals surface area contributed by atoms with Crippen molar-refractivity contribution in [2.75, 3.05) is 13.1 Å². The molecule has 2 saturated heterocycles. The van der Waals surface area contributed by atoms with Crippen LogP contribution >= 0.6 is 0 Å². The predicted molar refractivity (Wildman–Crippen MR) is 194 cm³/mol. The molecule has 6 atom stereocenters. The Balaban J connectivity index is 1.52. The second kappa shape index (κ2) is 17.5. The van der Waals surface area contributed by atoms with Crippen LogP contribution in [-0.2, 0) is 41.6 Å². The summed E-state index contributed by atoms with van der Waals surface area (Å²) in [6.45, 7) is 5.47. The molecule has 0 spiro atoms. The fraction of sp³-hybridized carbons (Fsp3) is 0.513. The fourth-order valence-electron chi connectivity index (χ4n) is 7.33. The minimum absolute atomic E-state index is 0.0274. The van der Waals surface area contributed by atoms with Gasteiger partial charge in [0.05, 0.1) is 6.54 Å². The van der Waals surface area contributed by atoms with Crippen molar-refractivity contribution >= 4 is 41.2 Å². The van der Waals surface area contributed by atoms with Gasteiger partial charge >= 0.3 is 0 Å². The van der Waals surface area contributed by atoms with Crippen molar-refractivity contribution in [1.82, 2.24) is 31.5 Å². The summed E-state index contributed by atoms with van der Waals surface area (Å²) >= 11 is 0. The van der Waals surface area contributed by atoms with Crippen LogP contribution < -0.4 is 26.6 Å². The van der Waals surface area contributed by atoms with Crippen LogP contribution in [0.4, 0.5) is 0 Å². The Bertz CT molecular complexity index is 1710. The topological polar surface area (TPSA) is 203 Å². The van der Waals surface area contributed by atoms with Gasteiger partial charge in [0, 0.05) is 24.9 Å². The molecular formula is C39H50N6O8. The van der Waals surface area contributed by atoms with Crippen molar-refractivity contribution in [2.45, 2.75) is 102 Å². The van der Waals surface area contributed by atoms with E-state index in [4.69, 9.17) is 0 Å². The van der Waals surface area contributed by atoms with Gasteiger partial charge in [-0.15, -0.1) is 0 Å². The highest BCUT2D eigenvalue weighted by Gasteiger charge is 2.42. The molecular weight excluding hydrogens is 680 g/mol. The first-order valence-electron chi connectivity index (χ1n) is 18.5. The third-order valence-electron chi connectivity index (χ3n) is 10.3. The van der Waals surface area contributed by atoms with Gasteiger partial charge < -0.3 is 36.6 Å². The highest BCUT2D eigenvalue weighted by Crippen LogP contribution is 2.28. The Kier molecular flexibility index (Phi) is 12.9. The first-order valence-corrected chi connectivity index (χ1v) is 18.5. The molecule has 53 heavy (non-hydrogen) atoms. The third-order valence-corrected chi connectivity index (χ3v) is 10.3. The number of carbonyl (C=O) groups excluding carboxylic acids is 7. The lowest BCUT2D eigenvalue weighted by molar-refractivity contribution is -0.143. The zero-order chi connectivity index (χ0) is 38.2. The van der Waals surface area contributed by atoms with Crippen molar-refractivity contribution in [3.05, 3.63) is 65.2 Å². The molecule has 6 amide bonds. The molecule has 2 fully saturated rings. The maximum atomic E-state index is 14.5. The molecule has 6 unspecified atom stereocenters. The standard InChI is InChI=1S/C39H50N6O8/c1-4-24-19-26-20-25(12-14-31(26)46)32(47)21-40-35(49)29(18-23-9-6-5-7-10-23)42-37(51)28(17-22(2)3)43-38(52)30-11-8-16-45(30)39(53)34(24)44-36(50)27-13-15-33(48)41-27/h5-7,9-10,12,14,20,22,24,27-30,34,46H,4,8,11,13,15-19,21H2,1-3H3,(H,40,49)(H,41,48)(H,42,51)(H,43,52)(H,44,50). The number of ketones is 1. The van der Waals surface area contributed by atoms with Crippen LogP contribution in [0.1, 0.15) is 80.8 Å². The van der Waals surface area contributed by atoms with E-state index in [-0.39, 0.29) is 61.8 Å². The molecule has 0 saturated carbocycles. The van der Waals surface area contributed by atoms with Gasteiger partial charge in [0.25, 0.3) is 0 Å². The maximum Gasteiger partial charge on any atom is 0.246 e. The fourth-order valence-corrected chi connectivity index (χ4v) is 7.33. The van der Waals surface area contributed by atoms with Gasteiger partial charge in [-0.2, -0.15) is 0 Å². The number of hydrogen-bond donors (Lipinski definition) is 6. The van der Waals surface area contributed by atoms with Crippen LogP contribution in [0.25, 0.3) is 0 Å². The van der Waals surface area contributed by atoms with Crippen LogP contribution in [0, 0.1) is 11.8 Å². The molecule has 2 aromatic rings. The van der Waals surface area contributed by atoms with Gasteiger partial charge in [0.2, 0.25) is 35.4 Å². The van der Waals surface area contributed by atoms with E-state index in [1.54, 1.807) is 0 Å². The minimum Gasteiger partial charge on any atom is -0.508 e. The third kappa shape index (κ3) is 9.79. The van der Waals surface area contributed by atoms with Gasteiger partial charge in [0.15, 0.2) is 5.78 Å². The lowest BCUT2D eigenvalue weighted by Gasteiger charge is -2.34. The SMILES string of the molecule is CCC1Cc2cc(ccc2O)C(=O)CNC(=O)C(Cc2ccccc2)NC(=O)C(CC(C)C)NC(=O)C2CCCN2C(=O)C1NC(=O)C1CCC(=O)N1. The quantitative estimate of drug-likeness (QED) is 0.245. The number of phenols is 1. The summed E-state index contributed by atoms with van der Waals surface area (Å²) in [5.74, 6) is -4.18. The summed E-state index contributed by atoms with van der Waals surface area (Å²) < 4.78 is 0. The molecule has 14 nitrogen and oxygen atoms in total.